The molecule has 1 atom stereocenters. The lowest BCUT2D eigenvalue weighted by molar-refractivity contribution is -0.160. The average molecular weight is 521 g/mol. The molecule has 0 fully saturated rings. The Labute approximate surface area is 217 Å². The van der Waals surface area contributed by atoms with Crippen LogP contribution in [0.15, 0.2) is 48.8 Å². The highest BCUT2D eigenvalue weighted by Crippen LogP contribution is 2.44. The molecular formula is C27H25ClN4O3S. The van der Waals surface area contributed by atoms with Gasteiger partial charge in [0.05, 0.1) is 27.5 Å². The van der Waals surface area contributed by atoms with Crippen LogP contribution in [-0.2, 0) is 16.6 Å². The second-order valence-corrected chi connectivity index (χ2v) is 11.1. The van der Waals surface area contributed by atoms with Crippen LogP contribution in [0.4, 0.5) is 0 Å². The second-order valence-electron chi connectivity index (χ2n) is 9.70. The number of carbonyl (C=O) groups is 1. The number of aryl methyl sites for hydroxylation is 2. The largest absolute Gasteiger partial charge is 0.479 e. The van der Waals surface area contributed by atoms with Crippen LogP contribution in [-0.4, -0.2) is 36.4 Å². The van der Waals surface area contributed by atoms with Crippen LogP contribution in [0.1, 0.15) is 38.0 Å². The number of pyridine rings is 1. The topological polar surface area (TPSA) is 90.1 Å². The van der Waals surface area contributed by atoms with Gasteiger partial charge in [0.25, 0.3) is 0 Å². The van der Waals surface area contributed by atoms with E-state index in [2.05, 4.69) is 10.1 Å². The zero-order chi connectivity index (χ0) is 25.8. The van der Waals surface area contributed by atoms with Gasteiger partial charge in [0.15, 0.2) is 6.10 Å². The number of nitrogens with zero attached hydrogens (tertiary/aromatic N) is 4. The number of thiazole rings is 1. The minimum absolute atomic E-state index is 0.602. The Kier molecular flexibility index (Phi) is 6.06. The number of rotatable bonds is 5. The van der Waals surface area contributed by atoms with Gasteiger partial charge in [-0.15, -0.1) is 11.3 Å². The third-order valence-corrected chi connectivity index (χ3v) is 7.25. The summed E-state index contributed by atoms with van der Waals surface area (Å²) in [4.78, 5) is 21.9. The van der Waals surface area contributed by atoms with E-state index in [9.17, 15) is 9.90 Å². The van der Waals surface area contributed by atoms with Gasteiger partial charge in [-0.05, 0) is 63.1 Å². The molecule has 0 saturated heterocycles. The van der Waals surface area contributed by atoms with E-state index >= 15 is 0 Å². The maximum atomic E-state index is 12.5. The van der Waals surface area contributed by atoms with Crippen molar-refractivity contribution in [2.24, 2.45) is 7.05 Å². The summed E-state index contributed by atoms with van der Waals surface area (Å²) in [5.74, 6) is -1.04. The van der Waals surface area contributed by atoms with Crippen molar-refractivity contribution in [1.29, 1.82) is 0 Å². The lowest BCUT2D eigenvalue weighted by Gasteiger charge is -2.28. The van der Waals surface area contributed by atoms with Crippen molar-refractivity contribution in [3.05, 3.63) is 64.9 Å². The number of ether oxygens (including phenoxy) is 1. The average Bonchev–Trinajstić information content (AvgIpc) is 3.40. The molecular weight excluding hydrogens is 496 g/mol. The molecule has 0 aliphatic rings. The molecule has 5 aromatic rings. The summed E-state index contributed by atoms with van der Waals surface area (Å²) in [6.07, 6.45) is 2.37. The van der Waals surface area contributed by atoms with E-state index in [-0.39, 0.29) is 0 Å². The van der Waals surface area contributed by atoms with Crippen LogP contribution in [0.5, 0.6) is 0 Å². The summed E-state index contributed by atoms with van der Waals surface area (Å²) >= 11 is 7.68. The number of carboxylic acid groups (broad SMARTS) is 1. The van der Waals surface area contributed by atoms with Crippen molar-refractivity contribution in [2.45, 2.75) is 39.4 Å². The Hall–Kier alpha value is -3.33. The molecule has 2 aromatic carbocycles. The molecule has 3 heterocycles. The monoisotopic (exact) mass is 520 g/mol. The van der Waals surface area contributed by atoms with Crippen molar-refractivity contribution in [2.75, 3.05) is 0 Å². The van der Waals surface area contributed by atoms with Crippen LogP contribution in [0, 0.1) is 6.92 Å². The first kappa shape index (κ1) is 24.4. The summed E-state index contributed by atoms with van der Waals surface area (Å²) in [7, 11) is 1.88. The Morgan fingerprint density at radius 3 is 2.50 bits per heavy atom. The molecule has 1 unspecified atom stereocenters. The number of aliphatic carboxylic acids is 1. The molecule has 0 radical (unpaired) electrons. The molecule has 0 saturated carbocycles. The third-order valence-electron chi connectivity index (χ3n) is 5.86. The first-order valence-electron chi connectivity index (χ1n) is 11.4. The molecule has 0 aliphatic carbocycles. The zero-order valence-electron chi connectivity index (χ0n) is 20.5. The summed E-state index contributed by atoms with van der Waals surface area (Å²) in [5, 5.41) is 15.9. The van der Waals surface area contributed by atoms with Crippen molar-refractivity contribution >= 4 is 50.2 Å². The molecule has 3 aromatic heterocycles. The van der Waals surface area contributed by atoms with Gasteiger partial charge in [0.2, 0.25) is 0 Å². The number of halogens is 1. The number of hydrogen-bond acceptors (Lipinski definition) is 6. The predicted octanol–water partition coefficient (Wildman–Crippen LogP) is 6.81. The normalized spacial score (nSPS) is 12.9. The van der Waals surface area contributed by atoms with E-state index < -0.39 is 17.7 Å². The van der Waals surface area contributed by atoms with E-state index in [1.807, 2.05) is 59.0 Å². The highest BCUT2D eigenvalue weighted by Gasteiger charge is 2.32. The smallest absolute Gasteiger partial charge is 0.337 e. The minimum Gasteiger partial charge on any atom is -0.479 e. The Morgan fingerprint density at radius 2 is 1.83 bits per heavy atom. The van der Waals surface area contributed by atoms with Gasteiger partial charge < -0.3 is 9.84 Å². The quantitative estimate of drug-likeness (QED) is 0.273. The molecule has 0 bridgehead atoms. The summed E-state index contributed by atoms with van der Waals surface area (Å²) in [5.41, 5.74) is 5.75. The van der Waals surface area contributed by atoms with Gasteiger partial charge in [-0.1, -0.05) is 23.7 Å². The molecule has 0 aliphatic heterocycles. The standard InChI is InChI=1S/C27H25ClN4O3S/c1-14-10-18-24(36-25(31-18)16-11-20-19(29-12-16)13-30-32(20)5)22(15-6-8-17(28)9-7-15)21(14)23(26(33)34)35-27(2,3)4/h6-13,23H,1-5H3,(H,33,34). The fourth-order valence-corrected chi connectivity index (χ4v) is 5.54. The number of hydrogen-bond donors (Lipinski definition) is 1. The first-order valence-corrected chi connectivity index (χ1v) is 12.6. The minimum atomic E-state index is -1.15. The molecule has 0 spiro atoms. The highest BCUT2D eigenvalue weighted by atomic mass is 35.5. The molecule has 7 nitrogen and oxygen atoms in total. The fraction of sp³-hybridized carbons (Fsp3) is 0.259. The van der Waals surface area contributed by atoms with Crippen LogP contribution < -0.4 is 0 Å². The number of aromatic nitrogens is 4. The zero-order valence-corrected chi connectivity index (χ0v) is 22.1. The van der Waals surface area contributed by atoms with Gasteiger partial charge in [-0.3, -0.25) is 9.67 Å². The maximum Gasteiger partial charge on any atom is 0.337 e. The highest BCUT2D eigenvalue weighted by molar-refractivity contribution is 7.22. The van der Waals surface area contributed by atoms with Crippen molar-refractivity contribution < 1.29 is 14.6 Å². The van der Waals surface area contributed by atoms with E-state index in [4.69, 9.17) is 21.3 Å². The lowest BCUT2D eigenvalue weighted by atomic mass is 9.91. The van der Waals surface area contributed by atoms with Gasteiger partial charge in [0, 0.05) is 35.0 Å². The van der Waals surface area contributed by atoms with Crippen LogP contribution in [0.25, 0.3) is 42.9 Å². The van der Waals surface area contributed by atoms with Crippen molar-refractivity contribution in [3.63, 3.8) is 0 Å². The Balaban J connectivity index is 1.79. The maximum absolute atomic E-state index is 12.5. The van der Waals surface area contributed by atoms with E-state index in [1.165, 1.54) is 11.3 Å². The predicted molar refractivity (Wildman–Crippen MR) is 144 cm³/mol. The molecule has 1 N–H and O–H groups in total. The first-order chi connectivity index (χ1) is 17.0. The second kappa shape index (κ2) is 8.96. The molecule has 9 heteroatoms. The molecule has 36 heavy (non-hydrogen) atoms. The van der Waals surface area contributed by atoms with Crippen molar-refractivity contribution in [3.8, 4) is 21.7 Å². The van der Waals surface area contributed by atoms with E-state index in [0.717, 1.165) is 48.5 Å². The van der Waals surface area contributed by atoms with Crippen LogP contribution >= 0.6 is 22.9 Å². The Morgan fingerprint density at radius 1 is 1.11 bits per heavy atom. The molecule has 0 amide bonds. The van der Waals surface area contributed by atoms with E-state index in [1.54, 1.807) is 29.2 Å². The van der Waals surface area contributed by atoms with Gasteiger partial charge in [-0.25, -0.2) is 9.78 Å². The summed E-state index contributed by atoms with van der Waals surface area (Å²) in [6.45, 7) is 7.46. The number of carboxylic acids is 1. The fourth-order valence-electron chi connectivity index (χ4n) is 4.30. The molecule has 184 valence electrons. The summed E-state index contributed by atoms with van der Waals surface area (Å²) < 4.78 is 8.74. The number of fused-ring (bicyclic) bond motifs is 2. The van der Waals surface area contributed by atoms with Crippen LogP contribution in [0.3, 0.4) is 0 Å². The van der Waals surface area contributed by atoms with E-state index in [0.29, 0.717) is 10.6 Å². The summed E-state index contributed by atoms with van der Waals surface area (Å²) in [6, 6.07) is 11.4. The SMILES string of the molecule is Cc1cc2nc(-c3cnc4cnn(C)c4c3)sc2c(-c2ccc(Cl)cc2)c1C(OC(C)(C)C)C(=O)O. The van der Waals surface area contributed by atoms with Gasteiger partial charge in [-0.2, -0.15) is 5.10 Å². The van der Waals surface area contributed by atoms with Gasteiger partial charge in [0.1, 0.15) is 10.5 Å². The van der Waals surface area contributed by atoms with Crippen molar-refractivity contribution in [1.82, 2.24) is 19.7 Å². The Bertz CT molecular complexity index is 1620. The van der Waals surface area contributed by atoms with Crippen LogP contribution in [0.2, 0.25) is 5.02 Å². The third kappa shape index (κ3) is 4.48. The lowest BCUT2D eigenvalue weighted by Crippen LogP contribution is -2.28. The number of benzene rings is 2. The van der Waals surface area contributed by atoms with Gasteiger partial charge >= 0.3 is 5.97 Å². The molecule has 5 rings (SSSR count).